The lowest BCUT2D eigenvalue weighted by Crippen LogP contribution is -2.44. The number of hydrogen-bond donors (Lipinski definition) is 0. The number of benzene rings is 1. The standard InChI is InChI=1S/C19H28Si/c1-6-7-8-17-9-10-18(14-17)20(4,5)19-12-15(2)11-16(3)13-19/h9-14,18H,6-8H2,1-5H3. The number of unbranched alkanes of at least 4 members (excludes halogenated alkanes) is 1. The molecule has 1 unspecified atom stereocenters. The molecule has 0 saturated carbocycles. The molecule has 0 fully saturated rings. The van der Waals surface area contributed by atoms with Gasteiger partial charge in [-0.2, -0.15) is 0 Å². The Hall–Kier alpha value is -1.08. The van der Waals surface area contributed by atoms with Gasteiger partial charge in [0.25, 0.3) is 0 Å². The average molecular weight is 285 g/mol. The second-order valence-electron chi connectivity index (χ2n) is 6.83. The Morgan fingerprint density at radius 2 is 1.70 bits per heavy atom. The van der Waals surface area contributed by atoms with Gasteiger partial charge in [-0.05, 0) is 32.2 Å². The van der Waals surface area contributed by atoms with E-state index < -0.39 is 8.07 Å². The minimum Gasteiger partial charge on any atom is -0.0797 e. The molecule has 1 heteroatoms. The van der Waals surface area contributed by atoms with Crippen LogP contribution in [0.2, 0.25) is 18.6 Å². The first-order valence-corrected chi connectivity index (χ1v) is 11.0. The third kappa shape index (κ3) is 3.32. The van der Waals surface area contributed by atoms with Crippen LogP contribution in [0.25, 0.3) is 0 Å². The van der Waals surface area contributed by atoms with E-state index in [4.69, 9.17) is 0 Å². The first-order valence-electron chi connectivity index (χ1n) is 7.91. The first-order chi connectivity index (χ1) is 9.43. The van der Waals surface area contributed by atoms with Crippen LogP contribution in [-0.2, 0) is 0 Å². The summed E-state index contributed by atoms with van der Waals surface area (Å²) in [7, 11) is -1.45. The number of hydrogen-bond acceptors (Lipinski definition) is 0. The summed E-state index contributed by atoms with van der Waals surface area (Å²) in [5, 5.41) is 1.60. The van der Waals surface area contributed by atoms with Crippen molar-refractivity contribution < 1.29 is 0 Å². The molecule has 0 nitrogen and oxygen atoms in total. The average Bonchev–Trinajstić information content (AvgIpc) is 2.84. The molecule has 0 radical (unpaired) electrons. The smallest absolute Gasteiger partial charge is 0.0797 e. The molecule has 0 amide bonds. The van der Waals surface area contributed by atoms with Gasteiger partial charge in [0.15, 0.2) is 0 Å². The van der Waals surface area contributed by atoms with Gasteiger partial charge in [0.05, 0.1) is 8.07 Å². The second kappa shape index (κ2) is 6.13. The molecule has 0 aliphatic heterocycles. The molecule has 108 valence electrons. The van der Waals surface area contributed by atoms with E-state index >= 15 is 0 Å². The van der Waals surface area contributed by atoms with Crippen LogP contribution >= 0.6 is 0 Å². The molecule has 1 aliphatic carbocycles. The molecule has 0 saturated heterocycles. The highest BCUT2D eigenvalue weighted by atomic mass is 28.3. The van der Waals surface area contributed by atoms with Crippen LogP contribution in [0.5, 0.6) is 0 Å². The summed E-state index contributed by atoms with van der Waals surface area (Å²) in [6.45, 7) is 11.7. The molecular formula is C19H28Si. The summed E-state index contributed by atoms with van der Waals surface area (Å²) in [4.78, 5) is 0. The Balaban J connectivity index is 2.23. The molecule has 1 aromatic rings. The van der Waals surface area contributed by atoms with Gasteiger partial charge >= 0.3 is 0 Å². The van der Waals surface area contributed by atoms with E-state index in [1.54, 1.807) is 10.8 Å². The molecule has 0 spiro atoms. The molecule has 0 N–H and O–H groups in total. The van der Waals surface area contributed by atoms with Gasteiger partial charge in [-0.3, -0.25) is 0 Å². The van der Waals surface area contributed by atoms with Gasteiger partial charge < -0.3 is 0 Å². The maximum Gasteiger partial charge on any atom is 0.0912 e. The van der Waals surface area contributed by atoms with Crippen molar-refractivity contribution in [2.45, 2.75) is 58.7 Å². The summed E-state index contributed by atoms with van der Waals surface area (Å²) >= 11 is 0. The van der Waals surface area contributed by atoms with E-state index in [0.717, 1.165) is 0 Å². The van der Waals surface area contributed by atoms with E-state index in [9.17, 15) is 0 Å². The predicted octanol–water partition coefficient (Wildman–Crippen LogP) is 5.28. The lowest BCUT2D eigenvalue weighted by atomic mass is 10.1. The Kier molecular flexibility index (Phi) is 4.69. The van der Waals surface area contributed by atoms with Crippen molar-refractivity contribution in [3.63, 3.8) is 0 Å². The molecule has 2 rings (SSSR count). The lowest BCUT2D eigenvalue weighted by Gasteiger charge is -2.28. The Labute approximate surface area is 125 Å². The SMILES string of the molecule is CCCCC1=CC([Si](C)(C)c2cc(C)cc(C)c2)C=C1. The molecule has 1 aliphatic rings. The molecule has 1 aromatic carbocycles. The van der Waals surface area contributed by atoms with Crippen LogP contribution in [0.1, 0.15) is 37.3 Å². The fourth-order valence-corrected chi connectivity index (χ4v) is 5.90. The Morgan fingerprint density at radius 3 is 2.30 bits per heavy atom. The molecule has 0 aromatic heterocycles. The van der Waals surface area contributed by atoms with Crippen LogP contribution in [0.3, 0.4) is 0 Å². The van der Waals surface area contributed by atoms with Crippen LogP contribution in [0, 0.1) is 13.8 Å². The summed E-state index contributed by atoms with van der Waals surface area (Å²) in [5.41, 5.74) is 5.02. The van der Waals surface area contributed by atoms with Gasteiger partial charge in [0.1, 0.15) is 0 Å². The lowest BCUT2D eigenvalue weighted by molar-refractivity contribution is 0.798. The fraction of sp³-hybridized carbons (Fsp3) is 0.474. The minimum absolute atomic E-state index is 0.663. The van der Waals surface area contributed by atoms with Gasteiger partial charge in [-0.25, -0.2) is 0 Å². The predicted molar refractivity (Wildman–Crippen MR) is 93.5 cm³/mol. The zero-order valence-corrected chi connectivity index (χ0v) is 14.7. The van der Waals surface area contributed by atoms with Crippen molar-refractivity contribution in [2.75, 3.05) is 0 Å². The number of aryl methyl sites for hydroxylation is 2. The van der Waals surface area contributed by atoms with Gasteiger partial charge in [-0.1, -0.05) is 84.8 Å². The largest absolute Gasteiger partial charge is 0.0912 e. The summed E-state index contributed by atoms with van der Waals surface area (Å²) in [6, 6.07) is 7.09. The summed E-state index contributed by atoms with van der Waals surface area (Å²) in [5.74, 6) is 0. The van der Waals surface area contributed by atoms with E-state index in [2.05, 4.69) is 70.3 Å². The van der Waals surface area contributed by atoms with Crippen molar-refractivity contribution in [1.29, 1.82) is 0 Å². The van der Waals surface area contributed by atoms with Crippen molar-refractivity contribution in [3.05, 3.63) is 53.1 Å². The fourth-order valence-electron chi connectivity index (χ4n) is 3.10. The molecular weight excluding hydrogens is 256 g/mol. The van der Waals surface area contributed by atoms with E-state index in [0.29, 0.717) is 5.54 Å². The molecule has 20 heavy (non-hydrogen) atoms. The zero-order chi connectivity index (χ0) is 14.8. The minimum atomic E-state index is -1.45. The quantitative estimate of drug-likeness (QED) is 0.646. The monoisotopic (exact) mass is 284 g/mol. The molecule has 1 atom stereocenters. The highest BCUT2D eigenvalue weighted by molar-refractivity contribution is 6.91. The Bertz CT molecular complexity index is 514. The molecule has 0 bridgehead atoms. The van der Waals surface area contributed by atoms with Gasteiger partial charge in [-0.15, -0.1) is 0 Å². The van der Waals surface area contributed by atoms with E-state index in [1.165, 1.54) is 30.4 Å². The normalized spacial score (nSPS) is 18.4. The number of allylic oxidation sites excluding steroid dienone is 4. The third-order valence-electron chi connectivity index (χ3n) is 4.53. The summed E-state index contributed by atoms with van der Waals surface area (Å²) < 4.78 is 0. The molecule has 0 heterocycles. The van der Waals surface area contributed by atoms with Crippen LogP contribution in [-0.4, -0.2) is 8.07 Å². The first kappa shape index (κ1) is 15.3. The van der Waals surface area contributed by atoms with Crippen molar-refractivity contribution in [3.8, 4) is 0 Å². The zero-order valence-electron chi connectivity index (χ0n) is 13.7. The Morgan fingerprint density at radius 1 is 1.05 bits per heavy atom. The maximum atomic E-state index is 2.54. The van der Waals surface area contributed by atoms with Crippen LogP contribution in [0.4, 0.5) is 0 Å². The highest BCUT2D eigenvalue weighted by Gasteiger charge is 2.32. The van der Waals surface area contributed by atoms with Crippen LogP contribution < -0.4 is 5.19 Å². The summed E-state index contributed by atoms with van der Waals surface area (Å²) in [6.07, 6.45) is 11.2. The topological polar surface area (TPSA) is 0 Å². The van der Waals surface area contributed by atoms with E-state index in [1.807, 2.05) is 0 Å². The van der Waals surface area contributed by atoms with Crippen LogP contribution in [0.15, 0.2) is 42.0 Å². The van der Waals surface area contributed by atoms with Crippen molar-refractivity contribution >= 4 is 13.3 Å². The van der Waals surface area contributed by atoms with Crippen molar-refractivity contribution in [1.82, 2.24) is 0 Å². The number of rotatable bonds is 5. The third-order valence-corrected chi connectivity index (χ3v) is 8.33. The van der Waals surface area contributed by atoms with Gasteiger partial charge in [0.2, 0.25) is 0 Å². The second-order valence-corrected chi connectivity index (χ2v) is 11.5. The van der Waals surface area contributed by atoms with E-state index in [-0.39, 0.29) is 0 Å². The highest BCUT2D eigenvalue weighted by Crippen LogP contribution is 2.33. The van der Waals surface area contributed by atoms with Crippen molar-refractivity contribution in [2.24, 2.45) is 0 Å². The van der Waals surface area contributed by atoms with Gasteiger partial charge in [0, 0.05) is 0 Å². The maximum absolute atomic E-state index is 2.54.